The molecular weight excluding hydrogens is 286 g/mol. The fourth-order valence-corrected chi connectivity index (χ4v) is 3.42. The lowest BCUT2D eigenvalue weighted by Crippen LogP contribution is -2.13. The van der Waals surface area contributed by atoms with Gasteiger partial charge in [0.2, 0.25) is 0 Å². The number of methoxy groups -OCH3 is 1. The molecule has 0 radical (unpaired) electrons. The van der Waals surface area contributed by atoms with Gasteiger partial charge in [0.25, 0.3) is 0 Å². The third-order valence-corrected chi connectivity index (χ3v) is 5.24. The molecule has 5 nitrogen and oxygen atoms in total. The molecule has 1 aromatic heterocycles. The first kappa shape index (κ1) is 16.1. The van der Waals surface area contributed by atoms with Crippen LogP contribution in [0, 0.1) is 12.3 Å². The molecule has 0 saturated heterocycles. The molecule has 1 fully saturated rings. The Hall–Kier alpha value is -1.30. The molecule has 0 bridgehead atoms. The molecule has 116 valence electrons. The maximum Gasteiger partial charge on any atom is 0.306 e. The van der Waals surface area contributed by atoms with E-state index in [-0.39, 0.29) is 11.4 Å². The highest BCUT2D eigenvalue weighted by Crippen LogP contribution is 2.52. The van der Waals surface area contributed by atoms with Gasteiger partial charge in [-0.3, -0.25) is 4.79 Å². The van der Waals surface area contributed by atoms with Crippen molar-refractivity contribution in [2.24, 2.45) is 5.41 Å². The van der Waals surface area contributed by atoms with Gasteiger partial charge in [-0.1, -0.05) is 6.92 Å². The summed E-state index contributed by atoms with van der Waals surface area (Å²) in [5, 5.41) is 4.32. The minimum absolute atomic E-state index is 0.113. The van der Waals surface area contributed by atoms with Crippen molar-refractivity contribution in [1.29, 1.82) is 0 Å². The van der Waals surface area contributed by atoms with E-state index < -0.39 is 0 Å². The Bertz CT molecular complexity index is 504. The lowest BCUT2D eigenvalue weighted by atomic mass is 10.1. The fourth-order valence-electron chi connectivity index (χ4n) is 2.15. The number of hydrogen-bond acceptors (Lipinski definition) is 6. The van der Waals surface area contributed by atoms with E-state index in [2.05, 4.69) is 22.2 Å². The number of anilines is 1. The lowest BCUT2D eigenvalue weighted by molar-refractivity contribution is -0.141. The normalized spacial score (nSPS) is 15.6. The predicted molar refractivity (Wildman–Crippen MR) is 84.6 cm³/mol. The molecule has 0 unspecified atom stereocenters. The summed E-state index contributed by atoms with van der Waals surface area (Å²) < 4.78 is 4.78. The third kappa shape index (κ3) is 4.33. The first-order valence-electron chi connectivity index (χ1n) is 7.35. The zero-order valence-corrected chi connectivity index (χ0v) is 13.8. The van der Waals surface area contributed by atoms with Crippen LogP contribution in [0.15, 0.2) is 11.4 Å². The number of ether oxygens (including phenoxy) is 1. The minimum Gasteiger partial charge on any atom is -0.469 e. The maximum absolute atomic E-state index is 11.5. The van der Waals surface area contributed by atoms with E-state index in [9.17, 15) is 4.79 Å². The summed E-state index contributed by atoms with van der Waals surface area (Å²) in [5.41, 5.74) is 1.21. The third-order valence-electron chi connectivity index (χ3n) is 3.80. The second-order valence-corrected chi connectivity index (χ2v) is 6.58. The Labute approximate surface area is 130 Å². The average molecular weight is 309 g/mol. The van der Waals surface area contributed by atoms with Crippen molar-refractivity contribution in [2.45, 2.75) is 44.6 Å². The molecule has 0 spiro atoms. The molecule has 21 heavy (non-hydrogen) atoms. The molecule has 1 aromatic rings. The Morgan fingerprint density at radius 2 is 2.24 bits per heavy atom. The van der Waals surface area contributed by atoms with Crippen LogP contribution in [0.2, 0.25) is 0 Å². The highest BCUT2D eigenvalue weighted by atomic mass is 32.2. The zero-order chi connectivity index (χ0) is 15.3. The highest BCUT2D eigenvalue weighted by Gasteiger charge is 2.44. The van der Waals surface area contributed by atoms with Crippen molar-refractivity contribution in [3.05, 3.63) is 11.9 Å². The molecule has 6 heteroatoms. The topological polar surface area (TPSA) is 64.1 Å². The van der Waals surface area contributed by atoms with E-state index in [1.54, 1.807) is 18.1 Å². The first-order chi connectivity index (χ1) is 10.1. The number of aromatic nitrogens is 2. The number of nitrogens with one attached hydrogen (secondary N) is 1. The van der Waals surface area contributed by atoms with Crippen LogP contribution < -0.4 is 5.32 Å². The SMILES string of the molecule is CCCNc1ncnc(SCC2(CC(=O)OC)CC2)c1C. The first-order valence-corrected chi connectivity index (χ1v) is 8.34. The Balaban J connectivity index is 1.95. The van der Waals surface area contributed by atoms with E-state index in [4.69, 9.17) is 4.74 Å². The van der Waals surface area contributed by atoms with E-state index >= 15 is 0 Å². The van der Waals surface area contributed by atoms with E-state index in [0.717, 1.165) is 48.0 Å². The van der Waals surface area contributed by atoms with Crippen molar-refractivity contribution in [1.82, 2.24) is 9.97 Å². The monoisotopic (exact) mass is 309 g/mol. The molecular formula is C15H23N3O2S. The van der Waals surface area contributed by atoms with Crippen LogP contribution in [0.5, 0.6) is 0 Å². The van der Waals surface area contributed by atoms with Gasteiger partial charge >= 0.3 is 5.97 Å². The number of carbonyl (C=O) groups excluding carboxylic acids is 1. The maximum atomic E-state index is 11.5. The predicted octanol–water partition coefficient (Wildman–Crippen LogP) is 3.04. The summed E-state index contributed by atoms with van der Waals surface area (Å²) in [7, 11) is 1.45. The summed E-state index contributed by atoms with van der Waals surface area (Å²) in [4.78, 5) is 20.1. The van der Waals surface area contributed by atoms with Crippen LogP contribution in [0.3, 0.4) is 0 Å². The summed E-state index contributed by atoms with van der Waals surface area (Å²) in [6.45, 7) is 5.08. The smallest absolute Gasteiger partial charge is 0.306 e. The van der Waals surface area contributed by atoms with Crippen LogP contribution in [-0.2, 0) is 9.53 Å². The molecule has 1 heterocycles. The van der Waals surface area contributed by atoms with Crippen molar-refractivity contribution in [2.75, 3.05) is 24.7 Å². The summed E-state index contributed by atoms with van der Waals surface area (Å²) in [6.07, 6.45) is 5.38. The number of hydrogen-bond donors (Lipinski definition) is 1. The summed E-state index contributed by atoms with van der Waals surface area (Å²) in [5.74, 6) is 1.71. The molecule has 0 aromatic carbocycles. The second-order valence-electron chi connectivity index (χ2n) is 5.62. The molecule has 0 aliphatic heterocycles. The summed E-state index contributed by atoms with van der Waals surface area (Å²) in [6, 6.07) is 0. The highest BCUT2D eigenvalue weighted by molar-refractivity contribution is 7.99. The van der Waals surface area contributed by atoms with E-state index in [1.807, 2.05) is 6.92 Å². The van der Waals surface area contributed by atoms with Crippen LogP contribution in [0.4, 0.5) is 5.82 Å². The largest absolute Gasteiger partial charge is 0.469 e. The summed E-state index contributed by atoms with van der Waals surface area (Å²) >= 11 is 1.72. The van der Waals surface area contributed by atoms with Gasteiger partial charge in [0.05, 0.1) is 13.5 Å². The second kappa shape index (κ2) is 7.11. The van der Waals surface area contributed by atoms with Crippen molar-refractivity contribution in [3.8, 4) is 0 Å². The molecule has 1 saturated carbocycles. The number of nitrogens with zero attached hydrogens (tertiary/aromatic N) is 2. The van der Waals surface area contributed by atoms with Gasteiger partial charge in [-0.15, -0.1) is 11.8 Å². The Morgan fingerprint density at radius 3 is 2.86 bits per heavy atom. The minimum atomic E-state index is -0.113. The van der Waals surface area contributed by atoms with Crippen molar-refractivity contribution in [3.63, 3.8) is 0 Å². The fraction of sp³-hybridized carbons (Fsp3) is 0.667. The standard InChI is InChI=1S/C15H23N3O2S/c1-4-7-16-13-11(2)14(18-10-17-13)21-9-15(5-6-15)8-12(19)20-3/h10H,4-9H2,1-3H3,(H,16,17,18). The molecule has 1 N–H and O–H groups in total. The lowest BCUT2D eigenvalue weighted by Gasteiger charge is -2.14. The van der Waals surface area contributed by atoms with Crippen LogP contribution in [0.25, 0.3) is 0 Å². The van der Waals surface area contributed by atoms with E-state index in [1.165, 1.54) is 7.11 Å². The number of esters is 1. The van der Waals surface area contributed by atoms with Gasteiger partial charge in [-0.25, -0.2) is 9.97 Å². The Kier molecular flexibility index (Phi) is 5.45. The van der Waals surface area contributed by atoms with Gasteiger partial charge in [0, 0.05) is 17.9 Å². The Morgan fingerprint density at radius 1 is 1.48 bits per heavy atom. The molecule has 1 aliphatic rings. The zero-order valence-electron chi connectivity index (χ0n) is 12.9. The number of carbonyl (C=O) groups is 1. The van der Waals surface area contributed by atoms with Gasteiger partial charge < -0.3 is 10.1 Å². The average Bonchev–Trinajstić information content (AvgIpc) is 3.24. The van der Waals surface area contributed by atoms with Crippen LogP contribution >= 0.6 is 11.8 Å². The van der Waals surface area contributed by atoms with Crippen molar-refractivity contribution < 1.29 is 9.53 Å². The van der Waals surface area contributed by atoms with Gasteiger partial charge in [0.1, 0.15) is 17.2 Å². The number of thioether (sulfide) groups is 1. The van der Waals surface area contributed by atoms with Crippen LogP contribution in [-0.4, -0.2) is 35.3 Å². The molecule has 1 aliphatic carbocycles. The van der Waals surface area contributed by atoms with Gasteiger partial charge in [-0.05, 0) is 31.6 Å². The van der Waals surface area contributed by atoms with Gasteiger partial charge in [0.15, 0.2) is 0 Å². The van der Waals surface area contributed by atoms with Gasteiger partial charge in [-0.2, -0.15) is 0 Å². The quantitative estimate of drug-likeness (QED) is 0.452. The molecule has 2 rings (SSSR count). The molecule has 0 atom stereocenters. The van der Waals surface area contributed by atoms with Crippen LogP contribution in [0.1, 0.15) is 38.2 Å². The van der Waals surface area contributed by atoms with Crippen molar-refractivity contribution >= 4 is 23.5 Å². The number of rotatable bonds is 8. The molecule has 0 amide bonds. The van der Waals surface area contributed by atoms with E-state index in [0.29, 0.717) is 6.42 Å².